The number of Topliss-reactive ketones (excluding diaryl/α,β-unsaturated/α-hetero) is 1. The quantitative estimate of drug-likeness (QED) is 0.189. The minimum absolute atomic E-state index is 0.0896. The van der Waals surface area contributed by atoms with Crippen molar-refractivity contribution < 1.29 is 24.9 Å². The number of rotatable bonds is 5. The van der Waals surface area contributed by atoms with E-state index in [1.54, 1.807) is 5.57 Å². The number of carboxylic acids is 1. The Morgan fingerprint density at radius 2 is 1.67 bits per heavy atom. The highest BCUT2D eigenvalue weighted by Gasteiger charge is 2.75. The lowest BCUT2D eigenvalue weighted by Crippen LogP contribution is -2.68. The number of aliphatic hydroxyl groups excluding tert-OH is 2. The highest BCUT2D eigenvalue weighted by atomic mass is 16.4. The van der Waals surface area contributed by atoms with Crippen LogP contribution in [-0.4, -0.2) is 52.4 Å². The molecule has 7 nitrogen and oxygen atoms in total. The fourth-order valence-electron chi connectivity index (χ4n) is 20.8. The van der Waals surface area contributed by atoms with Gasteiger partial charge in [-0.15, -0.1) is 0 Å². The number of aliphatic carboxylic acids is 1. The molecule has 0 unspecified atom stereocenters. The number of benzene rings is 2. The zero-order chi connectivity index (χ0) is 53.9. The fourth-order valence-corrected chi connectivity index (χ4v) is 20.8. The average Bonchev–Trinajstić information content (AvgIpc) is 1.46. The molecule has 2 aromatic carbocycles. The Kier molecular flexibility index (Phi) is 13.3. The molecule has 7 heteroatoms. The Morgan fingerprint density at radius 1 is 0.859 bits per heavy atom. The van der Waals surface area contributed by atoms with E-state index in [2.05, 4.69) is 117 Å². The van der Waals surface area contributed by atoms with Crippen LogP contribution in [0.5, 0.6) is 0 Å². The van der Waals surface area contributed by atoms with Crippen molar-refractivity contribution in [3.8, 4) is 0 Å². The number of allylic oxidation sites excluding steroid dienone is 9. The lowest BCUT2D eigenvalue weighted by Gasteiger charge is -2.73. The van der Waals surface area contributed by atoms with Crippen LogP contribution < -0.4 is 21.1 Å². The molecule has 2 spiro atoms. The van der Waals surface area contributed by atoms with E-state index in [0.29, 0.717) is 61.6 Å². The van der Waals surface area contributed by atoms with Crippen LogP contribution in [0.15, 0.2) is 113 Å². The molecule has 9 aliphatic carbocycles. The summed E-state index contributed by atoms with van der Waals surface area (Å²) in [6.45, 7) is 16.3. The van der Waals surface area contributed by atoms with Crippen molar-refractivity contribution in [3.05, 3.63) is 135 Å². The summed E-state index contributed by atoms with van der Waals surface area (Å²) in [4.78, 5) is 26.8. The van der Waals surface area contributed by atoms with Gasteiger partial charge in [0.05, 0.1) is 23.9 Å². The van der Waals surface area contributed by atoms with Crippen molar-refractivity contribution in [1.82, 2.24) is 10.6 Å². The maximum absolute atomic E-state index is 14.1. The maximum Gasteiger partial charge on any atom is 0.306 e. The molecule has 0 saturated heterocycles. The Labute approximate surface area is 465 Å². The van der Waals surface area contributed by atoms with Crippen LogP contribution in [0.25, 0.3) is 17.2 Å². The van der Waals surface area contributed by atoms with Gasteiger partial charge >= 0.3 is 5.97 Å². The number of dihydropyridines is 1. The molecule has 0 amide bonds. The van der Waals surface area contributed by atoms with Gasteiger partial charge < -0.3 is 26.0 Å². The molecule has 6 heterocycles. The predicted molar refractivity (Wildman–Crippen MR) is 313 cm³/mol. The number of nitrogens with one attached hydrogen (secondary N) is 2. The van der Waals surface area contributed by atoms with Crippen LogP contribution in [0.1, 0.15) is 174 Å². The van der Waals surface area contributed by atoms with E-state index in [0.717, 1.165) is 96.0 Å². The van der Waals surface area contributed by atoms with Crippen molar-refractivity contribution in [1.29, 1.82) is 0 Å². The molecule has 414 valence electrons. The van der Waals surface area contributed by atoms with E-state index in [1.165, 1.54) is 87.1 Å². The van der Waals surface area contributed by atoms with Gasteiger partial charge in [0.2, 0.25) is 0 Å². The van der Waals surface area contributed by atoms with Crippen molar-refractivity contribution in [2.45, 2.75) is 181 Å². The third-order valence-electron chi connectivity index (χ3n) is 24.7. The van der Waals surface area contributed by atoms with Crippen LogP contribution >= 0.6 is 0 Å². The first-order valence-electron chi connectivity index (χ1n) is 31.3. The Hall–Kier alpha value is -4.72. The lowest BCUT2D eigenvalue weighted by molar-refractivity contribution is -0.164. The number of carbonyl (C=O) groups excluding carboxylic acids is 1. The summed E-state index contributed by atoms with van der Waals surface area (Å²) in [5.41, 5.74) is 10.7. The Balaban J connectivity index is 1.01. The molecule has 15 aliphatic rings. The van der Waals surface area contributed by atoms with Crippen LogP contribution in [-0.2, 0) is 16.0 Å². The largest absolute Gasteiger partial charge is 0.481 e. The fraction of sp³-hybridized carbons (Fsp3) is 0.606. The molecule has 0 radical (unpaired) electrons. The maximum atomic E-state index is 14.1. The number of hydrogen-bond acceptors (Lipinski definition) is 6. The van der Waals surface area contributed by atoms with Crippen molar-refractivity contribution >= 4 is 29.0 Å². The molecule has 5 N–H and O–H groups in total. The number of aliphatic hydroxyl groups is 2. The van der Waals surface area contributed by atoms with Crippen LogP contribution in [0.4, 0.5) is 0 Å². The first-order chi connectivity index (χ1) is 37.6. The van der Waals surface area contributed by atoms with Crippen LogP contribution in [0, 0.1) is 74.4 Å². The summed E-state index contributed by atoms with van der Waals surface area (Å²) in [5, 5.41) is 47.4. The topological polar surface area (TPSA) is 119 Å². The molecule has 78 heavy (non-hydrogen) atoms. The van der Waals surface area contributed by atoms with E-state index in [1.807, 2.05) is 0 Å². The molecule has 14 bridgehead atoms. The normalized spacial score (nSPS) is 39.2. The second kappa shape index (κ2) is 19.8. The van der Waals surface area contributed by atoms with Gasteiger partial charge in [-0.1, -0.05) is 149 Å². The minimum atomic E-state index is -0.767. The van der Waals surface area contributed by atoms with Gasteiger partial charge in [-0.05, 0) is 194 Å². The monoisotopic (exact) mass is 1050 g/mol. The van der Waals surface area contributed by atoms with E-state index < -0.39 is 40.3 Å². The van der Waals surface area contributed by atoms with Gasteiger partial charge in [0, 0.05) is 54.0 Å². The second-order valence-corrected chi connectivity index (χ2v) is 28.3. The first kappa shape index (κ1) is 52.6. The number of carboxylic acid groups (broad SMARTS) is 1. The summed E-state index contributed by atoms with van der Waals surface area (Å²) in [7, 11) is 0. The van der Waals surface area contributed by atoms with Gasteiger partial charge in [0.1, 0.15) is 5.78 Å². The van der Waals surface area contributed by atoms with Crippen molar-refractivity contribution in [2.24, 2.45) is 74.4 Å². The SMILES string of the molecule is C=C1CC[C@@H](C(=O)O)[C@H]2[C@H](O)C[C@@]3(C)C4=C(CC[C@]23C)[C@]23CC[C@H](O)[C@@]5(C)CC=C(C[C@@H](C)C6CCC(=O)CC6)[C@@](C=C6C(=c7ccccc7=C[C@@H]62)Cc2cccc(c2)C2=CC=C(NCCC[C@H]1C1CCCCC1)NC2)(C4)[C@@H]53. The Morgan fingerprint density at radius 3 is 2.45 bits per heavy atom. The summed E-state index contributed by atoms with van der Waals surface area (Å²) >= 11 is 0. The third-order valence-corrected chi connectivity index (χ3v) is 24.7. The lowest BCUT2D eigenvalue weighted by atomic mass is 9.30. The number of ketones is 1. The van der Waals surface area contributed by atoms with E-state index in [-0.39, 0.29) is 28.6 Å². The van der Waals surface area contributed by atoms with Crippen LogP contribution in [0.2, 0.25) is 0 Å². The summed E-state index contributed by atoms with van der Waals surface area (Å²) < 4.78 is 0. The second-order valence-electron chi connectivity index (χ2n) is 28.3. The molecule has 17 rings (SSSR count). The number of fused-ring (bicyclic) bond motifs is 1. The van der Waals surface area contributed by atoms with Gasteiger partial charge in [-0.25, -0.2) is 0 Å². The van der Waals surface area contributed by atoms with E-state index in [4.69, 9.17) is 6.58 Å². The zero-order valence-corrected chi connectivity index (χ0v) is 47.6. The van der Waals surface area contributed by atoms with Gasteiger partial charge in [-0.2, -0.15) is 0 Å². The Bertz CT molecular complexity index is 3080. The zero-order valence-electron chi connectivity index (χ0n) is 47.6. The summed E-state index contributed by atoms with van der Waals surface area (Å²) in [6.07, 6.45) is 31.6. The summed E-state index contributed by atoms with van der Waals surface area (Å²) in [6, 6.07) is 18.5. The standard InChI is InChI=1S/C71H90N2O5/c1-43-20-26-55(65(77)78)64-61(75)41-69(5)60-40-70-39-57-56(37-45-13-11-17-48(36-45)50-23-27-63(73-42-50)72-34-12-19-53(43)47-14-7-6-8-15-47)54-18-10-9-16-49(54)38-59(57)71(58(60)29-32-68(64,69)4)33-30-62(76)67(3,66(70)71)31-28-51(70)35-44(2)46-21-24-52(74)25-22-46/h9-11,13,16-18,23,27-28,36,38-39,44,46-47,53,55,59,61-62,64,66,72-73,75-76H,1,6-8,12,14-15,19-22,24-26,29-35,37,40-42H2,2-5H3,(H,77,78)/t44-,53-,55-,59+,61-,62+,64+,66-,67-,68-,69+,70-,71-/m1/s1. The van der Waals surface area contributed by atoms with Crippen molar-refractivity contribution in [2.75, 3.05) is 13.1 Å². The molecule has 4 saturated carbocycles. The number of carbonyl (C=O) groups is 2. The van der Waals surface area contributed by atoms with Crippen LogP contribution in [0.3, 0.4) is 0 Å². The first-order valence-corrected chi connectivity index (χ1v) is 31.3. The highest BCUT2D eigenvalue weighted by molar-refractivity contribution is 5.79. The third kappa shape index (κ3) is 8.12. The molecule has 6 aliphatic heterocycles. The predicted octanol–water partition coefficient (Wildman–Crippen LogP) is 12.6. The molecule has 4 fully saturated rings. The molecule has 13 atom stereocenters. The summed E-state index contributed by atoms with van der Waals surface area (Å²) in [5.74, 6) is 1.71. The van der Waals surface area contributed by atoms with E-state index in [9.17, 15) is 24.9 Å². The van der Waals surface area contributed by atoms with Gasteiger partial charge in [-0.3, -0.25) is 9.59 Å². The average molecular weight is 1050 g/mol. The van der Waals surface area contributed by atoms with Crippen molar-refractivity contribution in [3.63, 3.8) is 0 Å². The van der Waals surface area contributed by atoms with Gasteiger partial charge in [0.15, 0.2) is 0 Å². The molecular weight excluding hydrogens is 961 g/mol. The van der Waals surface area contributed by atoms with E-state index >= 15 is 0 Å². The highest BCUT2D eigenvalue weighted by Crippen LogP contribution is 2.81. The number of hydrogen-bond donors (Lipinski definition) is 5. The van der Waals surface area contributed by atoms with Gasteiger partial charge in [0.25, 0.3) is 0 Å². The minimum Gasteiger partial charge on any atom is -0.481 e. The molecule has 0 aromatic heterocycles. The molecule has 2 aromatic rings. The molecular formula is C71H90N2O5. The smallest absolute Gasteiger partial charge is 0.306 e.